The van der Waals surface area contributed by atoms with Crippen LogP contribution in [0.5, 0.6) is 0 Å². The zero-order valence-corrected chi connectivity index (χ0v) is 15.1. The van der Waals surface area contributed by atoms with Crippen LogP contribution >= 0.6 is 11.6 Å². The van der Waals surface area contributed by atoms with Crippen molar-refractivity contribution in [1.82, 2.24) is 10.3 Å². The Bertz CT molecular complexity index is 778. The molecular formula is C18H20ClN3O3. The lowest BCUT2D eigenvalue weighted by atomic mass is 10.1. The van der Waals surface area contributed by atoms with Crippen molar-refractivity contribution in [1.29, 1.82) is 0 Å². The molecule has 1 amide bonds. The minimum atomic E-state index is -0.513. The lowest BCUT2D eigenvalue weighted by Crippen LogP contribution is -2.19. The van der Waals surface area contributed by atoms with Gasteiger partial charge in [-0.2, -0.15) is 0 Å². The van der Waals surface area contributed by atoms with Gasteiger partial charge in [-0.1, -0.05) is 28.9 Å². The van der Waals surface area contributed by atoms with E-state index in [1.807, 2.05) is 44.2 Å². The van der Waals surface area contributed by atoms with Gasteiger partial charge >= 0.3 is 6.09 Å². The Morgan fingerprint density at radius 3 is 2.80 bits per heavy atom. The van der Waals surface area contributed by atoms with E-state index in [4.69, 9.17) is 21.2 Å². The van der Waals surface area contributed by atoms with E-state index in [-0.39, 0.29) is 6.61 Å². The molecule has 2 aromatic rings. The van der Waals surface area contributed by atoms with E-state index >= 15 is 0 Å². The van der Waals surface area contributed by atoms with Gasteiger partial charge in [0.25, 0.3) is 0 Å². The number of halogens is 1. The van der Waals surface area contributed by atoms with Gasteiger partial charge < -0.3 is 14.9 Å². The number of nitrogens with one attached hydrogen (secondary N) is 1. The van der Waals surface area contributed by atoms with Crippen LogP contribution in [0.3, 0.4) is 0 Å². The van der Waals surface area contributed by atoms with E-state index in [1.54, 1.807) is 6.07 Å². The zero-order chi connectivity index (χ0) is 18.2. The molecule has 0 saturated heterocycles. The largest absolute Gasteiger partial charge is 0.445 e. The number of nitrogens with zero attached hydrogens (tertiary/aromatic N) is 2. The molecule has 2 rings (SSSR count). The lowest BCUT2D eigenvalue weighted by Gasteiger charge is -2.09. The van der Waals surface area contributed by atoms with Crippen molar-refractivity contribution in [3.05, 3.63) is 63.9 Å². The first-order chi connectivity index (χ1) is 12.0. The maximum atomic E-state index is 11.2. The van der Waals surface area contributed by atoms with Crippen molar-refractivity contribution >= 4 is 23.4 Å². The van der Waals surface area contributed by atoms with Crippen molar-refractivity contribution in [3.8, 4) is 0 Å². The first kappa shape index (κ1) is 18.7. The number of carbonyl (C=O) groups is 1. The fourth-order valence-electron chi connectivity index (χ4n) is 2.05. The predicted molar refractivity (Wildman–Crippen MR) is 96.7 cm³/mol. The number of aryl methyl sites for hydroxylation is 1. The first-order valence-corrected chi connectivity index (χ1v) is 8.10. The Hall–Kier alpha value is -2.60. The summed E-state index contributed by atoms with van der Waals surface area (Å²) in [6.45, 7) is 4.12. The number of alkyl carbamates (subject to hydrolysis) is 1. The van der Waals surface area contributed by atoms with Crippen LogP contribution < -0.4 is 5.32 Å². The van der Waals surface area contributed by atoms with Gasteiger partial charge in [0.1, 0.15) is 6.61 Å². The molecule has 0 unspecified atom stereocenters. The predicted octanol–water partition coefficient (Wildman–Crippen LogP) is 3.84. The Kier molecular flexibility index (Phi) is 6.77. The first-order valence-electron chi connectivity index (χ1n) is 7.72. The van der Waals surface area contributed by atoms with Crippen molar-refractivity contribution < 1.29 is 14.4 Å². The van der Waals surface area contributed by atoms with Gasteiger partial charge in [-0.15, -0.1) is 0 Å². The average Bonchev–Trinajstić information content (AvgIpc) is 2.60. The van der Waals surface area contributed by atoms with E-state index in [1.165, 1.54) is 7.05 Å². The third-order valence-corrected chi connectivity index (χ3v) is 3.76. The number of rotatable bonds is 6. The Morgan fingerprint density at radius 1 is 1.28 bits per heavy atom. The molecular weight excluding hydrogens is 342 g/mol. The molecule has 0 bridgehead atoms. The number of aromatic nitrogens is 1. The number of pyridine rings is 1. The molecule has 1 N–H and O–H groups in total. The van der Waals surface area contributed by atoms with E-state index in [0.29, 0.717) is 22.9 Å². The number of ether oxygens (including phenoxy) is 1. The summed E-state index contributed by atoms with van der Waals surface area (Å²) in [4.78, 5) is 20.9. The quantitative estimate of drug-likeness (QED) is 0.626. The Labute approximate surface area is 151 Å². The minimum Gasteiger partial charge on any atom is -0.445 e. The number of hydrogen-bond donors (Lipinski definition) is 1. The second-order valence-electron chi connectivity index (χ2n) is 5.35. The highest BCUT2D eigenvalue weighted by atomic mass is 35.5. The smallest absolute Gasteiger partial charge is 0.407 e. The normalized spacial score (nSPS) is 11.1. The second-order valence-corrected chi connectivity index (χ2v) is 5.76. The molecule has 1 aromatic carbocycles. The van der Waals surface area contributed by atoms with Crippen LogP contribution in [0.15, 0.2) is 41.6 Å². The standard InChI is InChI=1S/C18H20ClN3O3/c1-12-5-4-6-16(21-12)11-25-22-13(2)14-7-8-17(19)15(9-14)10-24-18(23)20-3/h4-9H,10-11H2,1-3H3,(H,20,23)/b22-13+. The molecule has 0 aliphatic carbocycles. The summed E-state index contributed by atoms with van der Waals surface area (Å²) < 4.78 is 5.03. The number of amides is 1. The van der Waals surface area contributed by atoms with Gasteiger partial charge in [0.15, 0.2) is 6.61 Å². The Balaban J connectivity index is 2.02. The lowest BCUT2D eigenvalue weighted by molar-refractivity contribution is 0.127. The minimum absolute atomic E-state index is 0.0771. The van der Waals surface area contributed by atoms with Crippen LogP contribution in [0.2, 0.25) is 5.02 Å². The molecule has 0 fully saturated rings. The topological polar surface area (TPSA) is 72.8 Å². The highest BCUT2D eigenvalue weighted by Gasteiger charge is 2.07. The molecule has 1 heterocycles. The van der Waals surface area contributed by atoms with Crippen LogP contribution in [-0.2, 0) is 22.8 Å². The van der Waals surface area contributed by atoms with Gasteiger partial charge in [-0.3, -0.25) is 4.98 Å². The van der Waals surface area contributed by atoms with E-state index < -0.39 is 6.09 Å². The second kappa shape index (κ2) is 9.03. The molecule has 25 heavy (non-hydrogen) atoms. The molecule has 0 radical (unpaired) electrons. The number of carbonyl (C=O) groups excluding carboxylic acids is 1. The highest BCUT2D eigenvalue weighted by Crippen LogP contribution is 2.19. The highest BCUT2D eigenvalue weighted by molar-refractivity contribution is 6.31. The summed E-state index contributed by atoms with van der Waals surface area (Å²) in [6.07, 6.45) is -0.513. The fourth-order valence-corrected chi connectivity index (χ4v) is 2.23. The van der Waals surface area contributed by atoms with E-state index in [9.17, 15) is 4.79 Å². The summed E-state index contributed by atoms with van der Waals surface area (Å²) in [5.41, 5.74) is 3.95. The number of oxime groups is 1. The molecule has 0 saturated carbocycles. The molecule has 132 valence electrons. The van der Waals surface area contributed by atoms with Crippen LogP contribution in [0.4, 0.5) is 4.79 Å². The van der Waals surface area contributed by atoms with Gasteiger partial charge in [0, 0.05) is 23.3 Å². The van der Waals surface area contributed by atoms with Crippen LogP contribution in [0.25, 0.3) is 0 Å². The third-order valence-electron chi connectivity index (χ3n) is 3.39. The van der Waals surface area contributed by atoms with Gasteiger partial charge in [-0.05, 0) is 43.7 Å². The van der Waals surface area contributed by atoms with Gasteiger partial charge in [0.05, 0.1) is 11.4 Å². The average molecular weight is 362 g/mol. The SMILES string of the molecule is CNC(=O)OCc1cc(/C(C)=N/OCc2cccc(C)n2)ccc1Cl. The third kappa shape index (κ3) is 5.76. The van der Waals surface area contributed by atoms with Crippen LogP contribution in [0, 0.1) is 6.92 Å². The maximum absolute atomic E-state index is 11.2. The zero-order valence-electron chi connectivity index (χ0n) is 14.4. The number of hydrogen-bond acceptors (Lipinski definition) is 5. The van der Waals surface area contributed by atoms with Crippen molar-refractivity contribution in [3.63, 3.8) is 0 Å². The van der Waals surface area contributed by atoms with Crippen molar-refractivity contribution in [2.75, 3.05) is 7.05 Å². The molecule has 0 aliphatic rings. The van der Waals surface area contributed by atoms with Crippen LogP contribution in [0.1, 0.15) is 29.4 Å². The molecule has 0 spiro atoms. The van der Waals surface area contributed by atoms with Crippen molar-refractivity contribution in [2.45, 2.75) is 27.1 Å². The van der Waals surface area contributed by atoms with Gasteiger partial charge in [-0.25, -0.2) is 4.79 Å². The Morgan fingerprint density at radius 2 is 2.08 bits per heavy atom. The molecule has 7 heteroatoms. The maximum Gasteiger partial charge on any atom is 0.407 e. The summed E-state index contributed by atoms with van der Waals surface area (Å²) in [6, 6.07) is 11.1. The molecule has 0 atom stereocenters. The van der Waals surface area contributed by atoms with Crippen LogP contribution in [-0.4, -0.2) is 23.8 Å². The summed E-state index contributed by atoms with van der Waals surface area (Å²) in [5.74, 6) is 0. The van der Waals surface area contributed by atoms with Gasteiger partial charge in [0.2, 0.25) is 0 Å². The summed E-state index contributed by atoms with van der Waals surface area (Å²) >= 11 is 6.14. The fraction of sp³-hybridized carbons (Fsp3) is 0.278. The molecule has 0 aliphatic heterocycles. The van der Waals surface area contributed by atoms with Crippen molar-refractivity contribution in [2.24, 2.45) is 5.16 Å². The molecule has 6 nitrogen and oxygen atoms in total. The summed E-state index contributed by atoms with van der Waals surface area (Å²) in [5, 5.41) is 7.02. The van der Waals surface area contributed by atoms with E-state index in [2.05, 4.69) is 15.5 Å². The monoisotopic (exact) mass is 361 g/mol. The van der Waals surface area contributed by atoms with E-state index in [0.717, 1.165) is 17.0 Å². The molecule has 1 aromatic heterocycles. The summed E-state index contributed by atoms with van der Waals surface area (Å²) in [7, 11) is 1.50. The number of benzene rings is 1.